The van der Waals surface area contributed by atoms with Crippen molar-refractivity contribution in [3.8, 4) is 0 Å². The number of carbonyl (C=O) groups is 1. The van der Waals surface area contributed by atoms with Crippen molar-refractivity contribution in [1.82, 2.24) is 14.7 Å². The first kappa shape index (κ1) is 12.7. The van der Waals surface area contributed by atoms with Crippen molar-refractivity contribution in [2.75, 3.05) is 13.2 Å². The normalized spacial score (nSPS) is 10.8. The largest absolute Gasteiger partial charge is 0.396 e. The topological polar surface area (TPSA) is 83.7 Å². The zero-order valence-corrected chi connectivity index (χ0v) is 10.7. The van der Waals surface area contributed by atoms with Gasteiger partial charge in [0.1, 0.15) is 5.56 Å². The van der Waals surface area contributed by atoms with Gasteiger partial charge >= 0.3 is 0 Å². The van der Waals surface area contributed by atoms with Crippen LogP contribution in [0.5, 0.6) is 0 Å². The summed E-state index contributed by atoms with van der Waals surface area (Å²) < 4.78 is 1.38. The van der Waals surface area contributed by atoms with Crippen molar-refractivity contribution < 1.29 is 9.90 Å². The maximum Gasteiger partial charge on any atom is 0.271 e. The van der Waals surface area contributed by atoms with Crippen molar-refractivity contribution in [3.63, 3.8) is 0 Å². The van der Waals surface area contributed by atoms with Crippen LogP contribution in [0, 0.1) is 6.92 Å². The Labute approximate surface area is 107 Å². The van der Waals surface area contributed by atoms with Gasteiger partial charge in [-0.25, -0.2) is 4.98 Å². The first-order valence-corrected chi connectivity index (χ1v) is 6.32. The van der Waals surface area contributed by atoms with Crippen LogP contribution in [0.15, 0.2) is 17.2 Å². The third-order valence-corrected chi connectivity index (χ3v) is 3.30. The van der Waals surface area contributed by atoms with Gasteiger partial charge in [0.2, 0.25) is 0 Å². The molecule has 1 amide bonds. The number of rotatable bonds is 4. The summed E-state index contributed by atoms with van der Waals surface area (Å²) in [5, 5.41) is 11.2. The summed E-state index contributed by atoms with van der Waals surface area (Å²) in [5.41, 5.74) is -0.353. The fraction of sp³-hybridized carbons (Fsp3) is 0.364. The smallest absolute Gasteiger partial charge is 0.271 e. The molecule has 0 fully saturated rings. The Morgan fingerprint density at radius 2 is 2.39 bits per heavy atom. The van der Waals surface area contributed by atoms with Gasteiger partial charge in [-0.15, -0.1) is 11.3 Å². The number of aliphatic hydroxyl groups excluding tert-OH is 1. The highest BCUT2D eigenvalue weighted by Crippen LogP contribution is 2.12. The van der Waals surface area contributed by atoms with Crippen LogP contribution in [0.2, 0.25) is 0 Å². The highest BCUT2D eigenvalue weighted by Gasteiger charge is 2.13. The second kappa shape index (κ2) is 5.28. The molecule has 2 rings (SSSR count). The van der Waals surface area contributed by atoms with E-state index in [2.05, 4.69) is 10.3 Å². The van der Waals surface area contributed by atoms with Gasteiger partial charge in [-0.1, -0.05) is 0 Å². The number of nitrogens with zero attached hydrogens (tertiary/aromatic N) is 2. The number of aromatic nitrogens is 2. The van der Waals surface area contributed by atoms with Gasteiger partial charge in [0, 0.05) is 30.4 Å². The summed E-state index contributed by atoms with van der Waals surface area (Å²) in [6.07, 6.45) is 3.42. The van der Waals surface area contributed by atoms with Crippen molar-refractivity contribution in [2.45, 2.75) is 13.3 Å². The lowest BCUT2D eigenvalue weighted by Crippen LogP contribution is -2.32. The third kappa shape index (κ3) is 2.41. The molecular formula is C11H13N3O3S. The Kier molecular flexibility index (Phi) is 3.73. The Morgan fingerprint density at radius 1 is 1.61 bits per heavy atom. The van der Waals surface area contributed by atoms with E-state index in [9.17, 15) is 9.59 Å². The number of fused-ring (bicyclic) bond motifs is 1. The quantitative estimate of drug-likeness (QED) is 0.774. The van der Waals surface area contributed by atoms with Crippen LogP contribution in [0.4, 0.5) is 0 Å². The molecule has 18 heavy (non-hydrogen) atoms. The number of aliphatic hydroxyl groups is 1. The second-order valence-corrected chi connectivity index (χ2v) is 5.02. The molecule has 0 unspecified atom stereocenters. The monoisotopic (exact) mass is 267 g/mol. The Bertz CT molecular complexity index is 632. The zero-order chi connectivity index (χ0) is 13.1. The van der Waals surface area contributed by atoms with Crippen LogP contribution >= 0.6 is 11.3 Å². The van der Waals surface area contributed by atoms with E-state index in [1.807, 2.05) is 6.92 Å². The first-order chi connectivity index (χ1) is 8.63. The van der Waals surface area contributed by atoms with Crippen LogP contribution in [0.1, 0.15) is 21.7 Å². The molecule has 7 heteroatoms. The molecule has 2 aromatic heterocycles. The molecule has 0 radical (unpaired) electrons. The maximum atomic E-state index is 12.0. The lowest BCUT2D eigenvalue weighted by Gasteiger charge is -2.03. The van der Waals surface area contributed by atoms with E-state index in [1.165, 1.54) is 21.9 Å². The number of amides is 1. The molecule has 0 aliphatic heterocycles. The van der Waals surface area contributed by atoms with E-state index in [-0.39, 0.29) is 17.7 Å². The van der Waals surface area contributed by atoms with Gasteiger partial charge in [-0.2, -0.15) is 0 Å². The standard InChI is InChI=1S/C11H13N3O3S/c1-7-6-14-10(17)8(5-13-11(14)18-7)9(16)12-3-2-4-15/h5-6,15H,2-4H2,1H3,(H,12,16). The minimum Gasteiger partial charge on any atom is -0.396 e. The van der Waals surface area contributed by atoms with Gasteiger partial charge in [0.25, 0.3) is 11.5 Å². The number of hydrogen-bond donors (Lipinski definition) is 2. The zero-order valence-electron chi connectivity index (χ0n) is 9.84. The van der Waals surface area contributed by atoms with Gasteiger partial charge in [-0.05, 0) is 13.3 Å². The predicted octanol–water partition coefficient (Wildman–Crippen LogP) is 0.177. The third-order valence-electron chi connectivity index (χ3n) is 2.39. The Balaban J connectivity index is 2.31. The van der Waals surface area contributed by atoms with Crippen LogP contribution in [0.25, 0.3) is 4.96 Å². The highest BCUT2D eigenvalue weighted by atomic mass is 32.1. The van der Waals surface area contributed by atoms with Crippen molar-refractivity contribution in [2.24, 2.45) is 0 Å². The average Bonchev–Trinajstić information content (AvgIpc) is 2.71. The van der Waals surface area contributed by atoms with Crippen LogP contribution in [0.3, 0.4) is 0 Å². The van der Waals surface area contributed by atoms with E-state index in [0.717, 1.165) is 4.88 Å². The number of hydrogen-bond acceptors (Lipinski definition) is 5. The summed E-state index contributed by atoms with van der Waals surface area (Å²) in [4.78, 5) is 29.4. The molecule has 0 aliphatic carbocycles. The van der Waals surface area contributed by atoms with Crippen molar-refractivity contribution in [3.05, 3.63) is 33.2 Å². The molecule has 0 saturated heterocycles. The Hall–Kier alpha value is -1.73. The summed E-state index contributed by atoms with van der Waals surface area (Å²) in [7, 11) is 0. The van der Waals surface area contributed by atoms with Gasteiger partial charge in [-0.3, -0.25) is 14.0 Å². The van der Waals surface area contributed by atoms with Crippen molar-refractivity contribution in [1.29, 1.82) is 0 Å². The fourth-order valence-corrected chi connectivity index (χ4v) is 2.31. The van der Waals surface area contributed by atoms with E-state index in [1.54, 1.807) is 6.20 Å². The molecule has 0 aliphatic rings. The van der Waals surface area contributed by atoms with Gasteiger partial charge in [0.15, 0.2) is 4.96 Å². The molecule has 0 spiro atoms. The molecule has 0 bridgehead atoms. The maximum absolute atomic E-state index is 12.0. The van der Waals surface area contributed by atoms with Crippen molar-refractivity contribution >= 4 is 22.2 Å². The van der Waals surface area contributed by atoms with Gasteiger partial charge in [0.05, 0.1) is 0 Å². The number of thiazole rings is 1. The summed E-state index contributed by atoms with van der Waals surface area (Å²) in [5.74, 6) is -0.459. The molecule has 96 valence electrons. The highest BCUT2D eigenvalue weighted by molar-refractivity contribution is 7.16. The summed E-state index contributed by atoms with van der Waals surface area (Å²) in [6, 6.07) is 0. The SMILES string of the molecule is Cc1cn2c(=O)c(C(=O)NCCCO)cnc2s1. The van der Waals surface area contributed by atoms with Gasteiger partial charge < -0.3 is 10.4 Å². The predicted molar refractivity (Wildman–Crippen MR) is 68.1 cm³/mol. The lowest BCUT2D eigenvalue weighted by atomic mass is 10.3. The van der Waals surface area contributed by atoms with E-state index >= 15 is 0 Å². The van der Waals surface area contributed by atoms with Crippen LogP contribution in [-0.4, -0.2) is 33.6 Å². The molecular weight excluding hydrogens is 254 g/mol. The number of carbonyl (C=O) groups excluding carboxylic acids is 1. The Morgan fingerprint density at radius 3 is 3.11 bits per heavy atom. The minimum atomic E-state index is -0.459. The first-order valence-electron chi connectivity index (χ1n) is 5.50. The van der Waals surface area contributed by atoms with E-state index in [4.69, 9.17) is 5.11 Å². The average molecular weight is 267 g/mol. The summed E-state index contributed by atoms with van der Waals surface area (Å²) >= 11 is 1.40. The minimum absolute atomic E-state index is 0.000270. The fourth-order valence-electron chi connectivity index (χ4n) is 1.53. The second-order valence-electron chi connectivity index (χ2n) is 3.80. The molecule has 6 nitrogen and oxygen atoms in total. The number of aryl methyl sites for hydroxylation is 1. The lowest BCUT2D eigenvalue weighted by molar-refractivity contribution is 0.0949. The molecule has 0 saturated carbocycles. The molecule has 2 aromatic rings. The van der Waals surface area contributed by atoms with E-state index < -0.39 is 5.91 Å². The van der Waals surface area contributed by atoms with Crippen LogP contribution in [-0.2, 0) is 0 Å². The van der Waals surface area contributed by atoms with E-state index in [0.29, 0.717) is 17.9 Å². The summed E-state index contributed by atoms with van der Waals surface area (Å²) in [6.45, 7) is 2.21. The molecule has 2 N–H and O–H groups in total. The van der Waals surface area contributed by atoms with Crippen LogP contribution < -0.4 is 10.9 Å². The molecule has 0 atom stereocenters. The molecule has 2 heterocycles. The number of nitrogens with one attached hydrogen (secondary N) is 1. The molecule has 0 aromatic carbocycles.